The molecule has 0 spiro atoms. The molecule has 4 atom stereocenters. The van der Waals surface area contributed by atoms with Gasteiger partial charge in [0.15, 0.2) is 0 Å². The predicted octanol–water partition coefficient (Wildman–Crippen LogP) is 4.00. The summed E-state index contributed by atoms with van der Waals surface area (Å²) >= 11 is 5.98. The number of fused-ring (bicyclic) bond motifs is 3. The molecule has 4 heterocycles. The smallest absolute Gasteiger partial charge is 0.248 e. The summed E-state index contributed by atoms with van der Waals surface area (Å²) in [7, 11) is 0. The molecular weight excluding hydrogens is 561 g/mol. The van der Waals surface area contributed by atoms with Gasteiger partial charge in [0.05, 0.1) is 60.4 Å². The summed E-state index contributed by atoms with van der Waals surface area (Å²) in [6.45, 7) is 4.94. The number of nitrogens with one attached hydrogen (secondary N) is 2. The van der Waals surface area contributed by atoms with E-state index in [1.54, 1.807) is 6.07 Å². The minimum Gasteiger partial charge on any atom is -0.381 e. The lowest BCUT2D eigenvalue weighted by atomic mass is 10.1. The third-order valence-electron chi connectivity index (χ3n) is 8.21. The van der Waals surface area contributed by atoms with Gasteiger partial charge in [0, 0.05) is 54.5 Å². The first-order chi connectivity index (χ1) is 20.5. The zero-order valence-electron chi connectivity index (χ0n) is 22.7. The van der Waals surface area contributed by atoms with E-state index in [-0.39, 0.29) is 23.1 Å². The first-order valence-electron chi connectivity index (χ1n) is 14.0. The maximum atomic E-state index is 13.7. The molecule has 9 nitrogen and oxygen atoms in total. The van der Waals surface area contributed by atoms with Crippen molar-refractivity contribution in [3.8, 4) is 11.8 Å². The highest BCUT2D eigenvalue weighted by Crippen LogP contribution is 2.50. The van der Waals surface area contributed by atoms with E-state index >= 15 is 0 Å². The number of aromatic nitrogens is 2. The fourth-order valence-corrected chi connectivity index (χ4v) is 6.09. The van der Waals surface area contributed by atoms with Crippen molar-refractivity contribution in [3.63, 3.8) is 0 Å². The van der Waals surface area contributed by atoms with E-state index in [0.717, 1.165) is 26.3 Å². The Kier molecular flexibility index (Phi) is 7.52. The third kappa shape index (κ3) is 5.71. The van der Waals surface area contributed by atoms with Gasteiger partial charge in [-0.05, 0) is 30.3 Å². The first-order valence-corrected chi connectivity index (χ1v) is 14.4. The van der Waals surface area contributed by atoms with Gasteiger partial charge in [-0.1, -0.05) is 29.5 Å². The molecule has 0 bridgehead atoms. The van der Waals surface area contributed by atoms with Crippen LogP contribution in [0, 0.1) is 35.4 Å². The van der Waals surface area contributed by atoms with Crippen molar-refractivity contribution in [1.29, 1.82) is 0 Å². The molecule has 1 aliphatic carbocycles. The van der Waals surface area contributed by atoms with Crippen LogP contribution in [0.5, 0.6) is 0 Å². The summed E-state index contributed by atoms with van der Waals surface area (Å²) in [5.74, 6) is 7.68. The molecule has 216 valence electrons. The monoisotopic (exact) mass is 589 g/mol. The van der Waals surface area contributed by atoms with Gasteiger partial charge >= 0.3 is 0 Å². The Balaban J connectivity index is 1.13. The molecule has 1 amide bonds. The van der Waals surface area contributed by atoms with E-state index < -0.39 is 5.82 Å². The number of carbonyl (C=O) groups excluding carboxylic acids is 1. The molecule has 2 aromatic carbocycles. The molecular formula is C31H29ClFN5O4. The summed E-state index contributed by atoms with van der Waals surface area (Å²) in [6, 6.07) is 8.02. The normalized spacial score (nSPS) is 26.5. The molecule has 1 saturated carbocycles. The van der Waals surface area contributed by atoms with Crippen molar-refractivity contribution in [2.75, 3.05) is 56.7 Å². The lowest BCUT2D eigenvalue weighted by Gasteiger charge is -2.24. The van der Waals surface area contributed by atoms with Crippen LogP contribution in [0.15, 0.2) is 48.8 Å². The Bertz CT molecular complexity index is 1600. The van der Waals surface area contributed by atoms with Crippen LogP contribution in [0.4, 0.5) is 21.6 Å². The van der Waals surface area contributed by atoms with Gasteiger partial charge < -0.3 is 24.8 Å². The zero-order chi connectivity index (χ0) is 28.6. The predicted molar refractivity (Wildman–Crippen MR) is 156 cm³/mol. The number of nitrogens with zero attached hydrogens (tertiary/aromatic N) is 3. The molecule has 4 aliphatic rings. The number of amides is 1. The number of hydrogen-bond acceptors (Lipinski definition) is 8. The van der Waals surface area contributed by atoms with Crippen LogP contribution in [-0.2, 0) is 19.0 Å². The zero-order valence-corrected chi connectivity index (χ0v) is 23.4. The Morgan fingerprint density at radius 1 is 1.12 bits per heavy atom. The molecule has 7 rings (SSSR count). The maximum Gasteiger partial charge on any atom is 0.248 e. The van der Waals surface area contributed by atoms with Gasteiger partial charge in [0.2, 0.25) is 5.91 Å². The molecule has 3 saturated heterocycles. The third-order valence-corrected chi connectivity index (χ3v) is 8.50. The molecule has 4 fully saturated rings. The Morgan fingerprint density at radius 3 is 2.67 bits per heavy atom. The minimum absolute atomic E-state index is 0.00125. The summed E-state index contributed by atoms with van der Waals surface area (Å²) < 4.78 is 30.8. The number of anilines is 3. The number of carbonyl (C=O) groups is 1. The van der Waals surface area contributed by atoms with E-state index in [0.29, 0.717) is 71.2 Å². The van der Waals surface area contributed by atoms with E-state index in [4.69, 9.17) is 25.8 Å². The van der Waals surface area contributed by atoms with Gasteiger partial charge in [0.25, 0.3) is 0 Å². The number of rotatable bonds is 6. The Morgan fingerprint density at radius 2 is 1.90 bits per heavy atom. The fraction of sp³-hybridized carbons (Fsp3) is 0.387. The highest BCUT2D eigenvalue weighted by molar-refractivity contribution is 6.31. The standard InChI is InChI=1S/C31H29ClFN5O4/c32-24-11-19(4-6-25(24)33)36-31-21-12-26(37-30(39)2-1-7-38-13-28-29(14-38)42-9-8-41-28)18(10-27(21)34-17-35-31)3-5-20-22-15-40-16-23(20)22/h1-2,4,6,10-12,17,20,22-23,28-29H,7-9,13-16H2,(H,37,39)(H,34,35,36)/b2-1+. The average Bonchev–Trinajstić information content (AvgIpc) is 3.28. The molecule has 42 heavy (non-hydrogen) atoms. The van der Waals surface area contributed by atoms with Gasteiger partial charge in [-0.15, -0.1) is 0 Å². The van der Waals surface area contributed by atoms with Crippen molar-refractivity contribution < 1.29 is 23.4 Å². The second kappa shape index (κ2) is 11.6. The maximum absolute atomic E-state index is 13.7. The summed E-state index contributed by atoms with van der Waals surface area (Å²) in [5.41, 5.74) is 2.44. The number of hydrogen-bond donors (Lipinski definition) is 2. The Labute approximate surface area is 247 Å². The molecule has 2 N–H and O–H groups in total. The van der Waals surface area contributed by atoms with Crippen LogP contribution in [0.1, 0.15) is 5.56 Å². The molecule has 11 heteroatoms. The van der Waals surface area contributed by atoms with Crippen molar-refractivity contribution in [3.05, 3.63) is 65.2 Å². The highest BCUT2D eigenvalue weighted by Gasteiger charge is 2.53. The molecule has 3 aliphatic heterocycles. The minimum atomic E-state index is -0.507. The molecule has 3 aromatic rings. The number of likely N-dealkylation sites (tertiary alicyclic amines) is 1. The second-order valence-corrected chi connectivity index (χ2v) is 11.4. The first kappa shape index (κ1) is 27.3. The van der Waals surface area contributed by atoms with Crippen molar-refractivity contribution in [2.45, 2.75) is 12.2 Å². The fourth-order valence-electron chi connectivity index (χ4n) is 5.90. The molecule has 4 unspecified atom stereocenters. The largest absolute Gasteiger partial charge is 0.381 e. The van der Waals surface area contributed by atoms with Crippen molar-refractivity contribution in [2.24, 2.45) is 17.8 Å². The van der Waals surface area contributed by atoms with E-state index in [1.807, 2.05) is 18.2 Å². The van der Waals surface area contributed by atoms with Crippen LogP contribution in [-0.4, -0.2) is 79.0 Å². The van der Waals surface area contributed by atoms with Gasteiger partial charge in [-0.3, -0.25) is 9.69 Å². The van der Waals surface area contributed by atoms with Gasteiger partial charge in [-0.25, -0.2) is 14.4 Å². The number of ether oxygens (including phenoxy) is 3. The lowest BCUT2D eigenvalue weighted by Crippen LogP contribution is -2.36. The van der Waals surface area contributed by atoms with Crippen molar-refractivity contribution >= 4 is 45.6 Å². The van der Waals surface area contributed by atoms with Crippen LogP contribution in [0.3, 0.4) is 0 Å². The van der Waals surface area contributed by atoms with E-state index in [2.05, 4.69) is 37.3 Å². The topological polar surface area (TPSA) is 97.8 Å². The van der Waals surface area contributed by atoms with Gasteiger partial charge in [-0.2, -0.15) is 0 Å². The number of halogens is 2. The highest BCUT2D eigenvalue weighted by atomic mass is 35.5. The van der Waals surface area contributed by atoms with E-state index in [9.17, 15) is 9.18 Å². The van der Waals surface area contributed by atoms with Crippen molar-refractivity contribution in [1.82, 2.24) is 14.9 Å². The number of benzene rings is 2. The second-order valence-electron chi connectivity index (χ2n) is 11.0. The Hall–Kier alpha value is -3.59. The molecule has 0 radical (unpaired) electrons. The summed E-state index contributed by atoms with van der Waals surface area (Å²) in [4.78, 5) is 24.1. The summed E-state index contributed by atoms with van der Waals surface area (Å²) in [6.07, 6.45) is 5.01. The van der Waals surface area contributed by atoms with E-state index in [1.165, 1.54) is 24.5 Å². The van der Waals surface area contributed by atoms with Crippen LogP contribution in [0.2, 0.25) is 5.02 Å². The summed E-state index contributed by atoms with van der Waals surface area (Å²) in [5, 5.41) is 6.85. The van der Waals surface area contributed by atoms with Crippen LogP contribution in [0.25, 0.3) is 10.9 Å². The van der Waals surface area contributed by atoms with Crippen LogP contribution >= 0.6 is 11.6 Å². The van der Waals surface area contributed by atoms with Crippen LogP contribution < -0.4 is 10.6 Å². The molecule has 1 aromatic heterocycles. The van der Waals surface area contributed by atoms with Gasteiger partial charge in [0.1, 0.15) is 18.0 Å². The average molecular weight is 590 g/mol. The quantitative estimate of drug-likeness (QED) is 0.329. The lowest BCUT2D eigenvalue weighted by molar-refractivity contribution is -0.116. The SMILES string of the molecule is O=C(/C=C/CN1CC2OCCOC2C1)Nc1cc2c(Nc3ccc(F)c(Cl)c3)ncnc2cc1C#CC1C2COCC12.